The molecule has 1 aliphatic rings. The van der Waals surface area contributed by atoms with Crippen LogP contribution in [-0.4, -0.2) is 5.88 Å². The van der Waals surface area contributed by atoms with E-state index in [-0.39, 0.29) is 4.32 Å². The molecule has 0 bridgehead atoms. The van der Waals surface area contributed by atoms with Crippen molar-refractivity contribution < 1.29 is 0 Å². The molecule has 2 heteroatoms. The first-order valence-corrected chi connectivity index (χ1v) is 7.92. The van der Waals surface area contributed by atoms with Crippen LogP contribution in [0.25, 0.3) is 0 Å². The third kappa shape index (κ3) is 3.48. The number of rotatable bonds is 3. The first-order chi connectivity index (χ1) is 8.24. The molecule has 0 amide bonds. The normalized spacial score (nSPS) is 19.9. The zero-order valence-corrected chi connectivity index (χ0v) is 12.6. The maximum absolute atomic E-state index is 5.76. The van der Waals surface area contributed by atoms with E-state index in [4.69, 9.17) is 11.6 Å². The zero-order chi connectivity index (χ0) is 12.1. The van der Waals surface area contributed by atoms with E-state index in [2.05, 4.69) is 40.2 Å². The van der Waals surface area contributed by atoms with Crippen LogP contribution in [0.2, 0.25) is 0 Å². The summed E-state index contributed by atoms with van der Waals surface area (Å²) >= 11 is 9.76. The lowest BCUT2D eigenvalue weighted by molar-refractivity contribution is 0.549. The number of hydrogen-bond donors (Lipinski definition) is 0. The molecule has 1 saturated carbocycles. The average Bonchev–Trinajstić information content (AvgIpc) is 2.56. The summed E-state index contributed by atoms with van der Waals surface area (Å²) in [6.07, 6.45) is 8.96. The summed E-state index contributed by atoms with van der Waals surface area (Å²) in [7, 11) is 0. The van der Waals surface area contributed by atoms with Crippen molar-refractivity contribution in [2.24, 2.45) is 0 Å². The fourth-order valence-corrected chi connectivity index (χ4v) is 3.70. The summed E-state index contributed by atoms with van der Waals surface area (Å²) in [6, 6.07) is 9.02. The molecule has 2 rings (SSSR count). The maximum Gasteiger partial charge on any atom is 0.0506 e. The second-order valence-electron chi connectivity index (χ2n) is 5.02. The van der Waals surface area contributed by atoms with E-state index in [1.807, 2.05) is 0 Å². The minimum atomic E-state index is 0.225. The van der Waals surface area contributed by atoms with Crippen LogP contribution in [0.1, 0.15) is 49.7 Å². The van der Waals surface area contributed by atoms with Crippen LogP contribution in [0.5, 0.6) is 0 Å². The Hall–Kier alpha value is -0.0100. The van der Waals surface area contributed by atoms with Crippen molar-refractivity contribution in [3.63, 3.8) is 0 Å². The maximum atomic E-state index is 5.76. The predicted octanol–water partition coefficient (Wildman–Crippen LogP) is 5.41. The SMILES string of the molecule is ClCCc1ccc(C2(Br)CCCCCC2)cc1. The Morgan fingerprint density at radius 1 is 1.00 bits per heavy atom. The van der Waals surface area contributed by atoms with Gasteiger partial charge in [-0.15, -0.1) is 11.6 Å². The molecule has 1 fully saturated rings. The van der Waals surface area contributed by atoms with E-state index in [9.17, 15) is 0 Å². The van der Waals surface area contributed by atoms with Gasteiger partial charge in [0.15, 0.2) is 0 Å². The molecule has 94 valence electrons. The average molecular weight is 316 g/mol. The monoisotopic (exact) mass is 314 g/mol. The van der Waals surface area contributed by atoms with Gasteiger partial charge in [-0.1, -0.05) is 65.9 Å². The molecule has 17 heavy (non-hydrogen) atoms. The molecular formula is C15H20BrCl. The molecule has 1 aromatic rings. The Morgan fingerprint density at radius 2 is 1.59 bits per heavy atom. The highest BCUT2D eigenvalue weighted by Crippen LogP contribution is 2.43. The third-order valence-electron chi connectivity index (χ3n) is 3.75. The summed E-state index contributed by atoms with van der Waals surface area (Å²) in [5.74, 6) is 0.707. The van der Waals surface area contributed by atoms with Gasteiger partial charge >= 0.3 is 0 Å². The highest BCUT2D eigenvalue weighted by Gasteiger charge is 2.29. The Balaban J connectivity index is 2.14. The second-order valence-corrected chi connectivity index (χ2v) is 6.91. The number of aryl methyl sites for hydroxylation is 1. The highest BCUT2D eigenvalue weighted by molar-refractivity contribution is 9.09. The molecule has 0 saturated heterocycles. The van der Waals surface area contributed by atoms with Crippen LogP contribution < -0.4 is 0 Å². The van der Waals surface area contributed by atoms with Crippen LogP contribution in [0.15, 0.2) is 24.3 Å². The van der Waals surface area contributed by atoms with Gasteiger partial charge in [-0.05, 0) is 30.4 Å². The lowest BCUT2D eigenvalue weighted by Gasteiger charge is -2.26. The first kappa shape index (κ1) is 13.4. The van der Waals surface area contributed by atoms with Gasteiger partial charge in [-0.25, -0.2) is 0 Å². The molecule has 0 atom stereocenters. The smallest absolute Gasteiger partial charge is 0.0506 e. The van der Waals surface area contributed by atoms with Gasteiger partial charge in [-0.2, -0.15) is 0 Å². The Morgan fingerprint density at radius 3 is 2.12 bits per heavy atom. The molecule has 0 radical (unpaired) electrons. The zero-order valence-electron chi connectivity index (χ0n) is 10.2. The van der Waals surface area contributed by atoms with Crippen molar-refractivity contribution in [3.05, 3.63) is 35.4 Å². The minimum absolute atomic E-state index is 0.225. The van der Waals surface area contributed by atoms with E-state index in [0.717, 1.165) is 6.42 Å². The van der Waals surface area contributed by atoms with Crippen molar-refractivity contribution in [2.75, 3.05) is 5.88 Å². The molecule has 0 nitrogen and oxygen atoms in total. The quantitative estimate of drug-likeness (QED) is 0.516. The second kappa shape index (κ2) is 6.24. The van der Waals surface area contributed by atoms with Crippen molar-refractivity contribution >= 4 is 27.5 Å². The molecule has 0 heterocycles. The van der Waals surface area contributed by atoms with Gasteiger partial charge < -0.3 is 0 Å². The molecule has 0 aromatic heterocycles. The predicted molar refractivity (Wildman–Crippen MR) is 79.2 cm³/mol. The summed E-state index contributed by atoms with van der Waals surface area (Å²) in [6.45, 7) is 0. The molecule has 1 aliphatic carbocycles. The van der Waals surface area contributed by atoms with Crippen molar-refractivity contribution in [3.8, 4) is 0 Å². The molecule has 0 spiro atoms. The Kier molecular flexibility index (Phi) is 4.93. The molecule has 0 aliphatic heterocycles. The Labute approximate surface area is 118 Å². The Bertz CT molecular complexity index is 336. The highest BCUT2D eigenvalue weighted by atomic mass is 79.9. The number of benzene rings is 1. The van der Waals surface area contributed by atoms with E-state index in [1.54, 1.807) is 0 Å². The van der Waals surface area contributed by atoms with Crippen LogP contribution in [-0.2, 0) is 10.7 Å². The summed E-state index contributed by atoms with van der Waals surface area (Å²) in [5.41, 5.74) is 2.78. The van der Waals surface area contributed by atoms with Gasteiger partial charge in [0.25, 0.3) is 0 Å². The summed E-state index contributed by atoms with van der Waals surface area (Å²) < 4.78 is 0.225. The molecule has 1 aromatic carbocycles. The fourth-order valence-electron chi connectivity index (χ4n) is 2.66. The van der Waals surface area contributed by atoms with Gasteiger partial charge in [0.1, 0.15) is 0 Å². The summed E-state index contributed by atoms with van der Waals surface area (Å²) in [5, 5.41) is 0. The van der Waals surface area contributed by atoms with E-state index >= 15 is 0 Å². The van der Waals surface area contributed by atoms with Crippen molar-refractivity contribution in [1.29, 1.82) is 0 Å². The standard InChI is InChI=1S/C15H20BrCl/c16-15(10-3-1-2-4-11-15)14-7-5-13(6-8-14)9-12-17/h5-8H,1-4,9-12H2. The third-order valence-corrected chi connectivity index (χ3v) is 5.19. The lowest BCUT2D eigenvalue weighted by Crippen LogP contribution is -2.16. The molecular weight excluding hydrogens is 296 g/mol. The minimum Gasteiger partial charge on any atom is -0.126 e. The van der Waals surface area contributed by atoms with Gasteiger partial charge in [-0.3, -0.25) is 0 Å². The van der Waals surface area contributed by atoms with Gasteiger partial charge in [0.05, 0.1) is 4.32 Å². The molecule has 0 N–H and O–H groups in total. The summed E-state index contributed by atoms with van der Waals surface area (Å²) in [4.78, 5) is 0. The number of halogens is 2. The number of hydrogen-bond acceptors (Lipinski definition) is 0. The van der Waals surface area contributed by atoms with Gasteiger partial charge in [0, 0.05) is 5.88 Å². The van der Waals surface area contributed by atoms with Crippen molar-refractivity contribution in [2.45, 2.75) is 49.3 Å². The van der Waals surface area contributed by atoms with Crippen LogP contribution in [0.3, 0.4) is 0 Å². The van der Waals surface area contributed by atoms with E-state index in [0.29, 0.717) is 5.88 Å². The largest absolute Gasteiger partial charge is 0.126 e. The van der Waals surface area contributed by atoms with Crippen LogP contribution in [0.4, 0.5) is 0 Å². The van der Waals surface area contributed by atoms with E-state index in [1.165, 1.54) is 49.7 Å². The molecule has 0 unspecified atom stereocenters. The lowest BCUT2D eigenvalue weighted by atomic mass is 9.91. The van der Waals surface area contributed by atoms with Crippen LogP contribution >= 0.6 is 27.5 Å². The number of alkyl halides is 2. The fraction of sp³-hybridized carbons (Fsp3) is 0.600. The van der Waals surface area contributed by atoms with Gasteiger partial charge in [0.2, 0.25) is 0 Å². The van der Waals surface area contributed by atoms with Crippen LogP contribution in [0, 0.1) is 0 Å². The van der Waals surface area contributed by atoms with E-state index < -0.39 is 0 Å². The van der Waals surface area contributed by atoms with Crippen molar-refractivity contribution in [1.82, 2.24) is 0 Å². The topological polar surface area (TPSA) is 0 Å². The first-order valence-electron chi connectivity index (χ1n) is 6.59.